The molecule has 0 saturated heterocycles. The first-order chi connectivity index (χ1) is 15.4. The summed E-state index contributed by atoms with van der Waals surface area (Å²) in [5.41, 5.74) is 2.61. The van der Waals surface area contributed by atoms with Crippen molar-refractivity contribution in [2.75, 3.05) is 25.1 Å². The van der Waals surface area contributed by atoms with Crippen LogP contribution in [0.5, 0.6) is 11.5 Å². The smallest absolute Gasteiger partial charge is 0.361 e. The molecule has 3 rings (SSSR count). The molecule has 0 unspecified atom stereocenters. The number of aromatic amines is 1. The number of esters is 1. The summed E-state index contributed by atoms with van der Waals surface area (Å²) in [5.74, 6) is -0.146. The molecular formula is C22H23BrN4O5. The van der Waals surface area contributed by atoms with E-state index < -0.39 is 5.97 Å². The molecule has 0 aliphatic heterocycles. The number of rotatable bonds is 9. The summed E-state index contributed by atoms with van der Waals surface area (Å²) in [6, 6.07) is 10.9. The SMILES string of the molecule is CCOC(=O)c1n[nH]nc1-c1cc(Br)c(OCC(=O)Nc2ccccc2C)c(OCC)c1. The quantitative estimate of drug-likeness (QED) is 0.422. The highest BCUT2D eigenvalue weighted by Gasteiger charge is 2.22. The standard InChI is InChI=1S/C22H23BrN4O5/c1-4-30-17-11-14(19-20(26-27-25-19)22(29)31-5-2)10-15(23)21(17)32-12-18(28)24-16-9-7-6-8-13(16)3/h6-11H,4-5,12H2,1-3H3,(H,24,28)(H,25,26,27). The first kappa shape index (κ1) is 23.3. The van der Waals surface area contributed by atoms with Gasteiger partial charge >= 0.3 is 5.97 Å². The van der Waals surface area contributed by atoms with Gasteiger partial charge in [0.15, 0.2) is 23.8 Å². The Kier molecular flexibility index (Phi) is 7.82. The van der Waals surface area contributed by atoms with Gasteiger partial charge in [0.25, 0.3) is 5.91 Å². The number of H-pyrrole nitrogens is 1. The number of anilines is 1. The van der Waals surface area contributed by atoms with Crippen molar-refractivity contribution in [3.63, 3.8) is 0 Å². The van der Waals surface area contributed by atoms with Crippen molar-refractivity contribution in [1.82, 2.24) is 15.4 Å². The third kappa shape index (κ3) is 5.44. The van der Waals surface area contributed by atoms with Crippen LogP contribution in [-0.2, 0) is 9.53 Å². The molecule has 10 heteroatoms. The molecule has 0 fully saturated rings. The zero-order valence-corrected chi connectivity index (χ0v) is 19.5. The monoisotopic (exact) mass is 502 g/mol. The lowest BCUT2D eigenvalue weighted by Gasteiger charge is -2.15. The van der Waals surface area contributed by atoms with E-state index >= 15 is 0 Å². The number of hydrogen-bond donors (Lipinski definition) is 2. The molecule has 1 heterocycles. The Hall–Kier alpha value is -3.40. The Bertz CT molecular complexity index is 1120. The minimum absolute atomic E-state index is 0.0625. The number of hydrogen-bond acceptors (Lipinski definition) is 7. The molecule has 1 aromatic heterocycles. The first-order valence-corrected chi connectivity index (χ1v) is 10.8. The van der Waals surface area contributed by atoms with Crippen molar-refractivity contribution in [2.24, 2.45) is 0 Å². The number of amides is 1. The maximum absolute atomic E-state index is 12.4. The fraction of sp³-hybridized carbons (Fsp3) is 0.273. The van der Waals surface area contributed by atoms with Crippen molar-refractivity contribution >= 4 is 33.5 Å². The van der Waals surface area contributed by atoms with Gasteiger partial charge in [-0.1, -0.05) is 18.2 Å². The molecule has 0 atom stereocenters. The topological polar surface area (TPSA) is 115 Å². The van der Waals surface area contributed by atoms with Gasteiger partial charge in [-0.25, -0.2) is 4.79 Å². The second kappa shape index (κ2) is 10.8. The maximum Gasteiger partial charge on any atom is 0.361 e. The molecular weight excluding hydrogens is 480 g/mol. The Labute approximate surface area is 193 Å². The lowest BCUT2D eigenvalue weighted by Crippen LogP contribution is -2.21. The van der Waals surface area contributed by atoms with E-state index in [4.69, 9.17) is 14.2 Å². The Morgan fingerprint density at radius 1 is 1.09 bits per heavy atom. The molecule has 168 valence electrons. The molecule has 0 spiro atoms. The van der Waals surface area contributed by atoms with Gasteiger partial charge in [0.05, 0.1) is 17.7 Å². The van der Waals surface area contributed by atoms with Crippen molar-refractivity contribution in [1.29, 1.82) is 0 Å². The summed E-state index contributed by atoms with van der Waals surface area (Å²) in [5, 5.41) is 13.2. The minimum atomic E-state index is -0.585. The number of carbonyl (C=O) groups excluding carboxylic acids is 2. The molecule has 0 radical (unpaired) electrons. The van der Waals surface area contributed by atoms with E-state index in [2.05, 4.69) is 36.7 Å². The van der Waals surface area contributed by atoms with Crippen LogP contribution in [0.3, 0.4) is 0 Å². The zero-order valence-electron chi connectivity index (χ0n) is 17.9. The average molecular weight is 503 g/mol. The normalized spacial score (nSPS) is 10.5. The Balaban J connectivity index is 1.82. The number of nitrogens with one attached hydrogen (secondary N) is 2. The van der Waals surface area contributed by atoms with Crippen molar-refractivity contribution in [3.05, 3.63) is 52.1 Å². The van der Waals surface area contributed by atoms with E-state index in [1.807, 2.05) is 38.1 Å². The highest BCUT2D eigenvalue weighted by atomic mass is 79.9. The van der Waals surface area contributed by atoms with Crippen LogP contribution in [0.25, 0.3) is 11.3 Å². The van der Waals surface area contributed by atoms with Crippen LogP contribution < -0.4 is 14.8 Å². The van der Waals surface area contributed by atoms with Crippen molar-refractivity contribution < 1.29 is 23.8 Å². The van der Waals surface area contributed by atoms with Gasteiger partial charge in [-0.05, 0) is 60.5 Å². The fourth-order valence-corrected chi connectivity index (χ4v) is 3.48. The number of carbonyl (C=O) groups is 2. The van der Waals surface area contributed by atoms with Crippen LogP contribution in [-0.4, -0.2) is 47.1 Å². The van der Waals surface area contributed by atoms with E-state index in [0.717, 1.165) is 11.3 Å². The van der Waals surface area contributed by atoms with Gasteiger partial charge in [0.1, 0.15) is 5.69 Å². The maximum atomic E-state index is 12.4. The van der Waals surface area contributed by atoms with Gasteiger partial charge in [0, 0.05) is 11.3 Å². The third-order valence-corrected chi connectivity index (χ3v) is 4.96. The molecule has 3 aromatic rings. The second-order valence-corrected chi connectivity index (χ2v) is 7.47. The Morgan fingerprint density at radius 3 is 2.59 bits per heavy atom. The van der Waals surface area contributed by atoms with Gasteiger partial charge in [-0.15, -0.1) is 5.10 Å². The number of nitrogens with zero attached hydrogens (tertiary/aromatic N) is 2. The highest BCUT2D eigenvalue weighted by Crippen LogP contribution is 2.40. The summed E-state index contributed by atoms with van der Waals surface area (Å²) in [6.45, 7) is 5.82. The summed E-state index contributed by atoms with van der Waals surface area (Å²) < 4.78 is 17.0. The van der Waals surface area contributed by atoms with Crippen LogP contribution >= 0.6 is 15.9 Å². The van der Waals surface area contributed by atoms with Crippen LogP contribution in [0.4, 0.5) is 5.69 Å². The zero-order chi connectivity index (χ0) is 23.1. The van der Waals surface area contributed by atoms with Gasteiger partial charge in [-0.2, -0.15) is 10.3 Å². The van der Waals surface area contributed by atoms with E-state index in [0.29, 0.717) is 33.8 Å². The van der Waals surface area contributed by atoms with Crippen LogP contribution in [0.2, 0.25) is 0 Å². The molecule has 0 aliphatic rings. The lowest BCUT2D eigenvalue weighted by molar-refractivity contribution is -0.118. The summed E-state index contributed by atoms with van der Waals surface area (Å²) in [4.78, 5) is 24.5. The summed E-state index contributed by atoms with van der Waals surface area (Å²) in [7, 11) is 0. The van der Waals surface area contributed by atoms with Gasteiger partial charge in [-0.3, -0.25) is 4.79 Å². The van der Waals surface area contributed by atoms with Crippen LogP contribution in [0, 0.1) is 6.92 Å². The number of aromatic nitrogens is 3. The average Bonchev–Trinajstić information content (AvgIpc) is 3.25. The summed E-state index contributed by atoms with van der Waals surface area (Å²) >= 11 is 3.46. The van der Waals surface area contributed by atoms with E-state index in [1.165, 1.54) is 0 Å². The van der Waals surface area contributed by atoms with Crippen LogP contribution in [0.1, 0.15) is 29.9 Å². The third-order valence-electron chi connectivity index (χ3n) is 4.37. The first-order valence-electron chi connectivity index (χ1n) is 9.97. The predicted molar refractivity (Wildman–Crippen MR) is 122 cm³/mol. The predicted octanol–water partition coefficient (Wildman–Crippen LogP) is 4.14. The number of aryl methyl sites for hydroxylation is 1. The molecule has 0 bridgehead atoms. The fourth-order valence-electron chi connectivity index (χ4n) is 2.92. The number of para-hydroxylation sites is 1. The van der Waals surface area contributed by atoms with E-state index in [-0.39, 0.29) is 24.8 Å². The molecule has 0 aliphatic carbocycles. The molecule has 32 heavy (non-hydrogen) atoms. The molecule has 0 saturated carbocycles. The number of halogens is 1. The largest absolute Gasteiger partial charge is 0.490 e. The highest BCUT2D eigenvalue weighted by molar-refractivity contribution is 9.10. The van der Waals surface area contributed by atoms with Gasteiger partial charge in [0.2, 0.25) is 0 Å². The van der Waals surface area contributed by atoms with Crippen molar-refractivity contribution in [3.8, 4) is 22.8 Å². The second-order valence-electron chi connectivity index (χ2n) is 6.61. The minimum Gasteiger partial charge on any atom is -0.490 e. The van der Waals surface area contributed by atoms with E-state index in [9.17, 15) is 9.59 Å². The molecule has 9 nitrogen and oxygen atoms in total. The molecule has 1 amide bonds. The Morgan fingerprint density at radius 2 is 1.88 bits per heavy atom. The van der Waals surface area contributed by atoms with Gasteiger partial charge < -0.3 is 19.5 Å². The number of ether oxygens (including phenoxy) is 3. The number of benzene rings is 2. The lowest BCUT2D eigenvalue weighted by atomic mass is 10.1. The van der Waals surface area contributed by atoms with Crippen molar-refractivity contribution in [2.45, 2.75) is 20.8 Å². The molecule has 2 aromatic carbocycles. The van der Waals surface area contributed by atoms with E-state index in [1.54, 1.807) is 19.1 Å². The molecule has 2 N–H and O–H groups in total. The summed E-state index contributed by atoms with van der Waals surface area (Å²) in [6.07, 6.45) is 0. The van der Waals surface area contributed by atoms with Crippen LogP contribution in [0.15, 0.2) is 40.9 Å².